The van der Waals surface area contributed by atoms with Gasteiger partial charge < -0.3 is 15.4 Å². The van der Waals surface area contributed by atoms with Gasteiger partial charge in [0.2, 0.25) is 0 Å². The Hall–Kier alpha value is -1.26. The van der Waals surface area contributed by atoms with Gasteiger partial charge in [-0.2, -0.15) is 0 Å². The molecule has 0 radical (unpaired) electrons. The molecule has 0 heterocycles. The molecule has 0 aromatic heterocycles. The topological polar surface area (TPSA) is 67.4 Å². The Morgan fingerprint density at radius 3 is 1.94 bits per heavy atom. The lowest BCUT2D eigenvalue weighted by molar-refractivity contribution is -0.160. The molecule has 0 aromatic carbocycles. The molecule has 0 aliphatic rings. The van der Waals surface area contributed by atoms with E-state index in [1.54, 1.807) is 20.8 Å². The zero-order valence-electron chi connectivity index (χ0n) is 12.5. The highest BCUT2D eigenvalue weighted by Gasteiger charge is 2.35. The van der Waals surface area contributed by atoms with Crippen molar-refractivity contribution >= 4 is 12.0 Å². The molecule has 2 amide bonds. The summed E-state index contributed by atoms with van der Waals surface area (Å²) >= 11 is 0. The van der Waals surface area contributed by atoms with E-state index in [2.05, 4.69) is 10.6 Å². The summed E-state index contributed by atoms with van der Waals surface area (Å²) in [7, 11) is 0. The monoisotopic (exact) mass is 258 g/mol. The van der Waals surface area contributed by atoms with Crippen molar-refractivity contribution in [3.05, 3.63) is 0 Å². The molecule has 0 saturated carbocycles. The highest BCUT2D eigenvalue weighted by molar-refractivity contribution is 5.84. The third-order valence-electron chi connectivity index (χ3n) is 2.12. The minimum atomic E-state index is -0.678. The Labute approximate surface area is 110 Å². The lowest BCUT2D eigenvalue weighted by Crippen LogP contribution is -2.53. The fraction of sp³-hybridized carbons (Fsp3) is 0.846. The number of esters is 1. The lowest BCUT2D eigenvalue weighted by atomic mass is 9.86. The SMILES string of the molecule is CCNC(=O)N[C@@H](C(=O)OC(C)(C)C)C(C)(C)C. The number of ether oxygens (including phenoxy) is 1. The Kier molecular flexibility index (Phi) is 5.64. The van der Waals surface area contributed by atoms with E-state index >= 15 is 0 Å². The third kappa shape index (κ3) is 6.47. The average molecular weight is 258 g/mol. The second-order valence-corrected chi connectivity index (χ2v) is 6.34. The zero-order chi connectivity index (χ0) is 14.6. The molecule has 5 nitrogen and oxygen atoms in total. The van der Waals surface area contributed by atoms with Gasteiger partial charge in [-0.1, -0.05) is 20.8 Å². The number of urea groups is 1. The van der Waals surface area contributed by atoms with E-state index in [4.69, 9.17) is 4.74 Å². The Morgan fingerprint density at radius 2 is 1.61 bits per heavy atom. The van der Waals surface area contributed by atoms with Gasteiger partial charge in [0.05, 0.1) is 0 Å². The van der Waals surface area contributed by atoms with Gasteiger partial charge in [0.15, 0.2) is 0 Å². The van der Waals surface area contributed by atoms with E-state index in [1.807, 2.05) is 27.7 Å². The fourth-order valence-corrected chi connectivity index (χ4v) is 1.33. The Morgan fingerprint density at radius 1 is 1.11 bits per heavy atom. The van der Waals surface area contributed by atoms with Crippen LogP contribution in [0, 0.1) is 5.41 Å². The smallest absolute Gasteiger partial charge is 0.329 e. The van der Waals surface area contributed by atoms with E-state index in [0.29, 0.717) is 6.54 Å². The molecule has 0 aromatic rings. The maximum Gasteiger partial charge on any atom is 0.329 e. The van der Waals surface area contributed by atoms with Crippen LogP contribution >= 0.6 is 0 Å². The standard InChI is InChI=1S/C13H26N2O3/c1-8-14-11(17)15-9(12(2,3)4)10(16)18-13(5,6)7/h9H,8H2,1-7H3,(H2,14,15,17)/t9-/m0/s1. The normalized spacial score (nSPS) is 13.7. The average Bonchev–Trinajstić information content (AvgIpc) is 2.09. The molecule has 0 fully saturated rings. The minimum Gasteiger partial charge on any atom is -0.458 e. The van der Waals surface area contributed by atoms with Gasteiger partial charge >= 0.3 is 12.0 Å². The summed E-state index contributed by atoms with van der Waals surface area (Å²) in [6.07, 6.45) is 0. The van der Waals surface area contributed by atoms with Crippen LogP contribution < -0.4 is 10.6 Å². The van der Waals surface area contributed by atoms with Gasteiger partial charge in [-0.15, -0.1) is 0 Å². The van der Waals surface area contributed by atoms with Crippen LogP contribution in [0.15, 0.2) is 0 Å². The Bertz CT molecular complexity index is 300. The highest BCUT2D eigenvalue weighted by atomic mass is 16.6. The van der Waals surface area contributed by atoms with Crippen molar-refractivity contribution in [1.29, 1.82) is 0 Å². The molecule has 106 valence electrons. The summed E-state index contributed by atoms with van der Waals surface area (Å²) in [5, 5.41) is 5.26. The molecular formula is C13H26N2O3. The zero-order valence-corrected chi connectivity index (χ0v) is 12.5. The number of amides is 2. The fourth-order valence-electron chi connectivity index (χ4n) is 1.33. The van der Waals surface area contributed by atoms with Crippen molar-refractivity contribution in [2.75, 3.05) is 6.54 Å². The predicted octanol–water partition coefficient (Wildman–Crippen LogP) is 2.06. The minimum absolute atomic E-state index is 0.358. The van der Waals surface area contributed by atoms with Crippen LogP contribution in [0.5, 0.6) is 0 Å². The molecule has 5 heteroatoms. The molecule has 0 unspecified atom stereocenters. The van der Waals surface area contributed by atoms with E-state index < -0.39 is 23.0 Å². The van der Waals surface area contributed by atoms with Crippen LogP contribution in [0.3, 0.4) is 0 Å². The van der Waals surface area contributed by atoms with Gasteiger partial charge in [-0.05, 0) is 33.1 Å². The van der Waals surface area contributed by atoms with Gasteiger partial charge in [0.1, 0.15) is 11.6 Å². The Balaban J connectivity index is 4.80. The van der Waals surface area contributed by atoms with Crippen molar-refractivity contribution in [2.45, 2.75) is 60.1 Å². The van der Waals surface area contributed by atoms with Crippen LogP contribution in [0.4, 0.5) is 4.79 Å². The maximum atomic E-state index is 12.1. The molecule has 1 atom stereocenters. The summed E-state index contributed by atoms with van der Waals surface area (Å²) in [4.78, 5) is 23.6. The molecule has 0 bridgehead atoms. The van der Waals surface area contributed by atoms with E-state index in [1.165, 1.54) is 0 Å². The van der Waals surface area contributed by atoms with E-state index in [9.17, 15) is 9.59 Å². The number of rotatable bonds is 3. The largest absolute Gasteiger partial charge is 0.458 e. The van der Waals surface area contributed by atoms with Crippen LogP contribution in [-0.2, 0) is 9.53 Å². The molecule has 0 aliphatic carbocycles. The van der Waals surface area contributed by atoms with Crippen molar-refractivity contribution < 1.29 is 14.3 Å². The molecule has 18 heavy (non-hydrogen) atoms. The lowest BCUT2D eigenvalue weighted by Gasteiger charge is -2.32. The van der Waals surface area contributed by atoms with Crippen LogP contribution in [0.1, 0.15) is 48.5 Å². The van der Waals surface area contributed by atoms with Crippen LogP contribution in [0.25, 0.3) is 0 Å². The molecule has 0 spiro atoms. The summed E-state index contributed by atoms with van der Waals surface area (Å²) in [5.74, 6) is -0.416. The first-order valence-corrected chi connectivity index (χ1v) is 6.24. The van der Waals surface area contributed by atoms with Crippen molar-refractivity contribution in [3.63, 3.8) is 0 Å². The van der Waals surface area contributed by atoms with Crippen molar-refractivity contribution in [2.24, 2.45) is 5.41 Å². The quantitative estimate of drug-likeness (QED) is 0.761. The first-order chi connectivity index (χ1) is 7.97. The van der Waals surface area contributed by atoms with Crippen molar-refractivity contribution in [1.82, 2.24) is 10.6 Å². The number of carbonyl (C=O) groups excluding carboxylic acids is 2. The summed E-state index contributed by atoms with van der Waals surface area (Å²) in [5.41, 5.74) is -0.975. The van der Waals surface area contributed by atoms with Gasteiger partial charge in [0, 0.05) is 6.54 Å². The van der Waals surface area contributed by atoms with Gasteiger partial charge in [0.25, 0.3) is 0 Å². The molecule has 0 saturated heterocycles. The van der Waals surface area contributed by atoms with E-state index in [-0.39, 0.29) is 6.03 Å². The highest BCUT2D eigenvalue weighted by Crippen LogP contribution is 2.22. The molecule has 2 N–H and O–H groups in total. The van der Waals surface area contributed by atoms with Crippen LogP contribution in [0.2, 0.25) is 0 Å². The number of hydrogen-bond acceptors (Lipinski definition) is 3. The third-order valence-corrected chi connectivity index (χ3v) is 2.12. The first kappa shape index (κ1) is 16.7. The van der Waals surface area contributed by atoms with E-state index in [0.717, 1.165) is 0 Å². The summed E-state index contributed by atoms with van der Waals surface area (Å²) in [6, 6.07) is -1.04. The predicted molar refractivity (Wildman–Crippen MR) is 71.3 cm³/mol. The number of hydrogen-bond donors (Lipinski definition) is 2. The maximum absolute atomic E-state index is 12.1. The molecule has 0 aliphatic heterocycles. The summed E-state index contributed by atoms with van der Waals surface area (Å²) in [6.45, 7) is 13.4. The van der Waals surface area contributed by atoms with Gasteiger partial charge in [-0.3, -0.25) is 0 Å². The van der Waals surface area contributed by atoms with Crippen LogP contribution in [-0.4, -0.2) is 30.2 Å². The first-order valence-electron chi connectivity index (χ1n) is 6.24. The summed E-state index contributed by atoms with van der Waals surface area (Å²) < 4.78 is 5.32. The number of carbonyl (C=O) groups is 2. The molecule has 0 rings (SSSR count). The van der Waals surface area contributed by atoms with Crippen molar-refractivity contribution in [3.8, 4) is 0 Å². The second-order valence-electron chi connectivity index (χ2n) is 6.34. The second kappa shape index (κ2) is 6.07. The van der Waals surface area contributed by atoms with Gasteiger partial charge in [-0.25, -0.2) is 9.59 Å². The molecular weight excluding hydrogens is 232 g/mol. The number of nitrogens with one attached hydrogen (secondary N) is 2.